The van der Waals surface area contributed by atoms with Crippen molar-refractivity contribution in [2.45, 2.75) is 6.42 Å². The number of benzene rings is 1. The van der Waals surface area contributed by atoms with Crippen LogP contribution in [0.2, 0.25) is 0 Å². The van der Waals surface area contributed by atoms with Crippen molar-refractivity contribution in [3.05, 3.63) is 24.3 Å². The molecule has 0 spiro atoms. The molecule has 6 nitrogen and oxygen atoms in total. The summed E-state index contributed by atoms with van der Waals surface area (Å²) >= 11 is 0. The van der Waals surface area contributed by atoms with Gasteiger partial charge in [0.2, 0.25) is 11.8 Å². The van der Waals surface area contributed by atoms with Crippen molar-refractivity contribution in [2.24, 2.45) is 0 Å². The van der Waals surface area contributed by atoms with E-state index in [2.05, 4.69) is 10.2 Å². The topological polar surface area (TPSA) is 61.9 Å². The molecule has 0 saturated carbocycles. The van der Waals surface area contributed by atoms with E-state index in [9.17, 15) is 9.59 Å². The van der Waals surface area contributed by atoms with Crippen LogP contribution in [0.25, 0.3) is 0 Å². The van der Waals surface area contributed by atoms with Gasteiger partial charge in [0.15, 0.2) is 0 Å². The molecule has 21 heavy (non-hydrogen) atoms. The number of likely N-dealkylation sites (N-methyl/N-ethyl adjacent to an activating group) is 1. The molecule has 0 unspecified atom stereocenters. The Kier molecular flexibility index (Phi) is 5.16. The first-order chi connectivity index (χ1) is 10.1. The average molecular weight is 291 g/mol. The lowest BCUT2D eigenvalue weighted by molar-refractivity contribution is -0.135. The maximum atomic E-state index is 12.0. The van der Waals surface area contributed by atoms with Gasteiger partial charge in [0, 0.05) is 31.9 Å². The van der Waals surface area contributed by atoms with Gasteiger partial charge in [-0.25, -0.2) is 0 Å². The lowest BCUT2D eigenvalue weighted by atomic mass is 10.2. The number of hydrogen-bond acceptors (Lipinski definition) is 4. The number of methoxy groups -OCH3 is 1. The smallest absolute Gasteiger partial charge is 0.233 e. The van der Waals surface area contributed by atoms with Gasteiger partial charge in [-0.15, -0.1) is 0 Å². The SMILES string of the molecule is COc1ccc(NC(=O)CC(=O)N2CCN(C)CC2)cc1. The molecule has 114 valence electrons. The number of piperazine rings is 1. The highest BCUT2D eigenvalue weighted by molar-refractivity contribution is 6.03. The minimum atomic E-state index is -0.288. The van der Waals surface area contributed by atoms with Crippen molar-refractivity contribution < 1.29 is 14.3 Å². The van der Waals surface area contributed by atoms with E-state index in [1.165, 1.54) is 0 Å². The maximum absolute atomic E-state index is 12.0. The van der Waals surface area contributed by atoms with E-state index in [0.29, 0.717) is 18.8 Å². The molecule has 1 aliphatic rings. The Morgan fingerprint density at radius 2 is 1.76 bits per heavy atom. The molecule has 6 heteroatoms. The third-order valence-electron chi connectivity index (χ3n) is 3.54. The number of carbonyl (C=O) groups is 2. The Bertz CT molecular complexity index is 493. The van der Waals surface area contributed by atoms with Gasteiger partial charge in [0.25, 0.3) is 0 Å². The molecule has 0 aromatic heterocycles. The first-order valence-electron chi connectivity index (χ1n) is 6.98. The minimum Gasteiger partial charge on any atom is -0.497 e. The number of carbonyl (C=O) groups excluding carboxylic acids is 2. The van der Waals surface area contributed by atoms with Crippen molar-refractivity contribution in [3.63, 3.8) is 0 Å². The van der Waals surface area contributed by atoms with Crippen LogP contribution in [0.5, 0.6) is 5.75 Å². The first kappa shape index (κ1) is 15.3. The summed E-state index contributed by atoms with van der Waals surface area (Å²) in [5, 5.41) is 2.72. The quantitative estimate of drug-likeness (QED) is 0.834. The number of nitrogens with zero attached hydrogens (tertiary/aromatic N) is 2. The molecule has 1 saturated heterocycles. The molecular weight excluding hydrogens is 270 g/mol. The van der Waals surface area contributed by atoms with Gasteiger partial charge in [-0.2, -0.15) is 0 Å². The minimum absolute atomic E-state index is 0.115. The highest BCUT2D eigenvalue weighted by Gasteiger charge is 2.21. The van der Waals surface area contributed by atoms with Gasteiger partial charge in [0.05, 0.1) is 7.11 Å². The summed E-state index contributed by atoms with van der Waals surface area (Å²) in [7, 11) is 3.61. The van der Waals surface area contributed by atoms with Crippen molar-refractivity contribution in [3.8, 4) is 5.75 Å². The Balaban J connectivity index is 1.81. The van der Waals surface area contributed by atoms with Crippen molar-refractivity contribution in [1.29, 1.82) is 0 Å². The molecule has 0 radical (unpaired) electrons. The summed E-state index contributed by atoms with van der Waals surface area (Å²) in [5.41, 5.74) is 0.659. The van der Waals surface area contributed by atoms with E-state index in [0.717, 1.165) is 18.8 Å². The van der Waals surface area contributed by atoms with Crippen LogP contribution in [0.3, 0.4) is 0 Å². The standard InChI is InChI=1S/C15H21N3O3/c1-17-7-9-18(10-8-17)15(20)11-14(19)16-12-3-5-13(21-2)6-4-12/h3-6H,7-11H2,1-2H3,(H,16,19). The lowest BCUT2D eigenvalue weighted by Gasteiger charge is -2.32. The zero-order chi connectivity index (χ0) is 15.2. The zero-order valence-electron chi connectivity index (χ0n) is 12.5. The second-order valence-corrected chi connectivity index (χ2v) is 5.14. The fraction of sp³-hybridized carbons (Fsp3) is 0.467. The molecule has 1 aliphatic heterocycles. The number of anilines is 1. The Hall–Kier alpha value is -2.08. The van der Waals surface area contributed by atoms with E-state index in [1.807, 2.05) is 7.05 Å². The largest absolute Gasteiger partial charge is 0.497 e. The van der Waals surface area contributed by atoms with E-state index >= 15 is 0 Å². The predicted molar refractivity (Wildman–Crippen MR) is 80.3 cm³/mol. The van der Waals surface area contributed by atoms with E-state index in [-0.39, 0.29) is 18.2 Å². The molecule has 2 amide bonds. The van der Waals surface area contributed by atoms with Gasteiger partial charge in [-0.3, -0.25) is 9.59 Å². The monoisotopic (exact) mass is 291 g/mol. The second-order valence-electron chi connectivity index (χ2n) is 5.14. The van der Waals surface area contributed by atoms with Crippen molar-refractivity contribution in [2.75, 3.05) is 45.7 Å². The number of nitrogens with one attached hydrogen (secondary N) is 1. The molecule has 2 rings (SSSR count). The average Bonchev–Trinajstić information content (AvgIpc) is 2.48. The highest BCUT2D eigenvalue weighted by Crippen LogP contribution is 2.15. The van der Waals surface area contributed by atoms with E-state index < -0.39 is 0 Å². The van der Waals surface area contributed by atoms with Crippen LogP contribution in [0, 0.1) is 0 Å². The summed E-state index contributed by atoms with van der Waals surface area (Å²) in [5.74, 6) is 0.319. The fourth-order valence-electron chi connectivity index (χ4n) is 2.18. The van der Waals surface area contributed by atoms with Crippen LogP contribution in [0.1, 0.15) is 6.42 Å². The summed E-state index contributed by atoms with van der Waals surface area (Å²) in [6.45, 7) is 3.08. The molecule has 0 aliphatic carbocycles. The normalized spacial score (nSPS) is 15.6. The van der Waals surface area contributed by atoms with E-state index in [4.69, 9.17) is 4.74 Å². The molecule has 1 N–H and O–H groups in total. The molecule has 1 fully saturated rings. The summed E-state index contributed by atoms with van der Waals surface area (Å²) in [6.07, 6.45) is -0.115. The van der Waals surface area contributed by atoms with E-state index in [1.54, 1.807) is 36.3 Å². The molecule has 1 aromatic carbocycles. The van der Waals surface area contributed by atoms with Crippen LogP contribution in [0.15, 0.2) is 24.3 Å². The Labute approximate surface area is 124 Å². The molecule has 1 heterocycles. The summed E-state index contributed by atoms with van der Waals surface area (Å²) in [4.78, 5) is 27.8. The molecule has 0 bridgehead atoms. The van der Waals surface area contributed by atoms with Gasteiger partial charge < -0.3 is 19.9 Å². The second kappa shape index (κ2) is 7.08. The number of hydrogen-bond donors (Lipinski definition) is 1. The third-order valence-corrected chi connectivity index (χ3v) is 3.54. The summed E-state index contributed by atoms with van der Waals surface area (Å²) < 4.78 is 5.05. The van der Waals surface area contributed by atoms with Crippen LogP contribution >= 0.6 is 0 Å². The number of rotatable bonds is 4. The maximum Gasteiger partial charge on any atom is 0.233 e. The molecule has 1 aromatic rings. The number of amides is 2. The molecular formula is C15H21N3O3. The van der Waals surface area contributed by atoms with Crippen molar-refractivity contribution in [1.82, 2.24) is 9.80 Å². The van der Waals surface area contributed by atoms with Crippen LogP contribution in [-0.2, 0) is 9.59 Å². The zero-order valence-corrected chi connectivity index (χ0v) is 12.5. The first-order valence-corrected chi connectivity index (χ1v) is 6.98. The predicted octanol–water partition coefficient (Wildman–Crippen LogP) is 0.798. The van der Waals surface area contributed by atoms with Crippen LogP contribution in [0.4, 0.5) is 5.69 Å². The van der Waals surface area contributed by atoms with Gasteiger partial charge in [0.1, 0.15) is 12.2 Å². The van der Waals surface area contributed by atoms with Gasteiger partial charge >= 0.3 is 0 Å². The molecule has 0 atom stereocenters. The van der Waals surface area contributed by atoms with Crippen molar-refractivity contribution >= 4 is 17.5 Å². The third kappa shape index (κ3) is 4.46. The highest BCUT2D eigenvalue weighted by atomic mass is 16.5. The summed E-state index contributed by atoms with van der Waals surface area (Å²) in [6, 6.07) is 7.02. The number of ether oxygens (including phenoxy) is 1. The van der Waals surface area contributed by atoms with Crippen LogP contribution in [-0.4, -0.2) is 62.0 Å². The fourth-order valence-corrected chi connectivity index (χ4v) is 2.18. The lowest BCUT2D eigenvalue weighted by Crippen LogP contribution is -2.47. The van der Waals surface area contributed by atoms with Crippen LogP contribution < -0.4 is 10.1 Å². The van der Waals surface area contributed by atoms with Gasteiger partial charge in [-0.05, 0) is 31.3 Å². The Morgan fingerprint density at radius 1 is 1.14 bits per heavy atom. The van der Waals surface area contributed by atoms with Gasteiger partial charge in [-0.1, -0.05) is 0 Å². The Morgan fingerprint density at radius 3 is 2.33 bits per heavy atom.